The lowest BCUT2D eigenvalue weighted by atomic mass is 10.1. The molecular weight excluding hydrogens is 212 g/mol. The normalized spacial score (nSPS) is 10.2. The molecular formula is C8H8N6O2. The Hall–Kier alpha value is -2.64. The molecule has 0 fully saturated rings. The summed E-state index contributed by atoms with van der Waals surface area (Å²) in [6.45, 7) is 0. The van der Waals surface area contributed by atoms with E-state index in [9.17, 15) is 9.59 Å². The van der Waals surface area contributed by atoms with Crippen LogP contribution < -0.4 is 11.5 Å². The van der Waals surface area contributed by atoms with Gasteiger partial charge < -0.3 is 11.5 Å². The molecule has 0 bridgehead atoms. The predicted molar refractivity (Wildman–Crippen MR) is 53.2 cm³/mol. The fourth-order valence-electron chi connectivity index (χ4n) is 1.34. The molecule has 6 N–H and O–H groups in total. The molecule has 0 unspecified atom stereocenters. The van der Waals surface area contributed by atoms with Gasteiger partial charge in [-0.2, -0.15) is 10.2 Å². The average Bonchev–Trinajstić information content (AvgIpc) is 2.85. The Morgan fingerprint density at radius 1 is 1.19 bits per heavy atom. The van der Waals surface area contributed by atoms with Crippen LogP contribution in [0.4, 0.5) is 0 Å². The van der Waals surface area contributed by atoms with E-state index in [1.165, 1.54) is 6.20 Å². The molecule has 2 aromatic rings. The van der Waals surface area contributed by atoms with Crippen LogP contribution in [0.3, 0.4) is 0 Å². The highest BCUT2D eigenvalue weighted by molar-refractivity contribution is 6.08. The number of aromatic amines is 2. The Morgan fingerprint density at radius 2 is 1.94 bits per heavy atom. The summed E-state index contributed by atoms with van der Waals surface area (Å²) in [5, 5.41) is 12.5. The Balaban J connectivity index is 2.64. The maximum absolute atomic E-state index is 11.2. The van der Waals surface area contributed by atoms with Crippen LogP contribution in [0.1, 0.15) is 20.8 Å². The van der Waals surface area contributed by atoms with Crippen LogP contribution in [0, 0.1) is 0 Å². The summed E-state index contributed by atoms with van der Waals surface area (Å²) in [4.78, 5) is 22.2. The number of hydrogen-bond acceptors (Lipinski definition) is 4. The van der Waals surface area contributed by atoms with E-state index in [2.05, 4.69) is 20.4 Å². The summed E-state index contributed by atoms with van der Waals surface area (Å²) in [7, 11) is 0. The Kier molecular flexibility index (Phi) is 2.16. The SMILES string of the molecule is NC(=O)c1[nH]nc(-c2ccn[nH]2)c1C(N)=O. The lowest BCUT2D eigenvalue weighted by Crippen LogP contribution is -2.20. The van der Waals surface area contributed by atoms with Gasteiger partial charge in [-0.15, -0.1) is 0 Å². The molecule has 0 aliphatic carbocycles. The standard InChI is InChI=1S/C8H8N6O2/c9-7(15)4-5(3-1-2-11-12-3)13-14-6(4)8(10)16/h1-2H,(H2,9,15)(H2,10,16)(H,11,12)(H,13,14). The molecule has 0 atom stereocenters. The molecule has 2 aromatic heterocycles. The van der Waals surface area contributed by atoms with Crippen LogP contribution in [0.25, 0.3) is 11.4 Å². The molecule has 0 radical (unpaired) electrons. The van der Waals surface area contributed by atoms with Crippen molar-refractivity contribution in [3.8, 4) is 11.4 Å². The topological polar surface area (TPSA) is 144 Å². The summed E-state index contributed by atoms with van der Waals surface area (Å²) in [5.74, 6) is -1.58. The number of carbonyl (C=O) groups is 2. The predicted octanol–water partition coefficient (Wildman–Crippen LogP) is -1.00. The van der Waals surface area contributed by atoms with Crippen molar-refractivity contribution in [2.75, 3.05) is 0 Å². The maximum Gasteiger partial charge on any atom is 0.267 e. The van der Waals surface area contributed by atoms with Gasteiger partial charge >= 0.3 is 0 Å². The van der Waals surface area contributed by atoms with Crippen LogP contribution in [-0.4, -0.2) is 32.2 Å². The quantitative estimate of drug-likeness (QED) is 0.525. The van der Waals surface area contributed by atoms with E-state index in [1.54, 1.807) is 6.07 Å². The summed E-state index contributed by atoms with van der Waals surface area (Å²) in [6.07, 6.45) is 1.48. The molecule has 0 aliphatic rings. The number of nitrogens with one attached hydrogen (secondary N) is 2. The largest absolute Gasteiger partial charge is 0.365 e. The number of nitrogens with two attached hydrogens (primary N) is 2. The number of hydrogen-bond donors (Lipinski definition) is 4. The number of carbonyl (C=O) groups excluding carboxylic acids is 2. The first-order valence-electron chi connectivity index (χ1n) is 4.29. The van der Waals surface area contributed by atoms with Gasteiger partial charge in [0.1, 0.15) is 11.4 Å². The van der Waals surface area contributed by atoms with Gasteiger partial charge in [0.05, 0.1) is 11.3 Å². The third-order valence-corrected chi connectivity index (χ3v) is 2.01. The smallest absolute Gasteiger partial charge is 0.267 e. The molecule has 0 saturated heterocycles. The van der Waals surface area contributed by atoms with Gasteiger partial charge in [-0.1, -0.05) is 0 Å². The van der Waals surface area contributed by atoms with E-state index in [0.29, 0.717) is 5.69 Å². The minimum atomic E-state index is -0.799. The van der Waals surface area contributed by atoms with Crippen LogP contribution in [0.15, 0.2) is 12.3 Å². The molecule has 2 amide bonds. The van der Waals surface area contributed by atoms with E-state index in [4.69, 9.17) is 11.5 Å². The second-order valence-corrected chi connectivity index (χ2v) is 3.02. The molecule has 16 heavy (non-hydrogen) atoms. The van der Waals surface area contributed by atoms with Crippen molar-refractivity contribution >= 4 is 11.8 Å². The number of amides is 2. The van der Waals surface area contributed by atoms with Crippen molar-refractivity contribution < 1.29 is 9.59 Å². The highest BCUT2D eigenvalue weighted by atomic mass is 16.2. The summed E-state index contributed by atoms with van der Waals surface area (Å²) >= 11 is 0. The number of primary amides is 2. The van der Waals surface area contributed by atoms with Crippen molar-refractivity contribution in [2.24, 2.45) is 11.5 Å². The second kappa shape index (κ2) is 3.50. The Morgan fingerprint density at radius 3 is 2.44 bits per heavy atom. The van der Waals surface area contributed by atoms with Crippen LogP contribution >= 0.6 is 0 Å². The summed E-state index contributed by atoms with van der Waals surface area (Å²) in [5.41, 5.74) is 10.8. The van der Waals surface area contributed by atoms with E-state index < -0.39 is 11.8 Å². The zero-order chi connectivity index (χ0) is 11.7. The third-order valence-electron chi connectivity index (χ3n) is 2.01. The summed E-state index contributed by atoms with van der Waals surface area (Å²) < 4.78 is 0. The van der Waals surface area contributed by atoms with Gasteiger partial charge in [-0.3, -0.25) is 19.8 Å². The van der Waals surface area contributed by atoms with Crippen LogP contribution in [0.5, 0.6) is 0 Å². The first kappa shape index (κ1) is 9.90. The second-order valence-electron chi connectivity index (χ2n) is 3.02. The van der Waals surface area contributed by atoms with Crippen molar-refractivity contribution in [1.82, 2.24) is 20.4 Å². The van der Waals surface area contributed by atoms with Gasteiger partial charge in [0.25, 0.3) is 11.8 Å². The zero-order valence-electron chi connectivity index (χ0n) is 8.02. The van der Waals surface area contributed by atoms with Gasteiger partial charge in [0.15, 0.2) is 0 Å². The van der Waals surface area contributed by atoms with Gasteiger partial charge in [-0.25, -0.2) is 0 Å². The van der Waals surface area contributed by atoms with E-state index in [1.807, 2.05) is 0 Å². The molecule has 0 saturated carbocycles. The number of rotatable bonds is 3. The molecule has 0 spiro atoms. The Labute approximate surface area is 89.0 Å². The molecule has 0 aromatic carbocycles. The average molecular weight is 220 g/mol. The van der Waals surface area contributed by atoms with Crippen molar-refractivity contribution in [3.05, 3.63) is 23.5 Å². The number of nitrogens with zero attached hydrogens (tertiary/aromatic N) is 2. The van der Waals surface area contributed by atoms with E-state index >= 15 is 0 Å². The molecule has 0 aliphatic heterocycles. The van der Waals surface area contributed by atoms with Crippen LogP contribution in [0.2, 0.25) is 0 Å². The molecule has 2 rings (SSSR count). The number of H-pyrrole nitrogens is 2. The molecule has 2 heterocycles. The van der Waals surface area contributed by atoms with Crippen molar-refractivity contribution in [2.45, 2.75) is 0 Å². The fraction of sp³-hybridized carbons (Fsp3) is 0. The maximum atomic E-state index is 11.2. The summed E-state index contributed by atoms with van der Waals surface area (Å²) in [6, 6.07) is 1.59. The van der Waals surface area contributed by atoms with E-state index in [-0.39, 0.29) is 17.0 Å². The molecule has 8 heteroatoms. The lowest BCUT2D eigenvalue weighted by Gasteiger charge is -1.96. The van der Waals surface area contributed by atoms with Gasteiger partial charge in [0.2, 0.25) is 0 Å². The lowest BCUT2D eigenvalue weighted by molar-refractivity contribution is 0.0965. The fourth-order valence-corrected chi connectivity index (χ4v) is 1.34. The molecule has 8 nitrogen and oxygen atoms in total. The van der Waals surface area contributed by atoms with Crippen molar-refractivity contribution in [1.29, 1.82) is 0 Å². The van der Waals surface area contributed by atoms with Crippen LogP contribution in [-0.2, 0) is 0 Å². The monoisotopic (exact) mass is 220 g/mol. The minimum absolute atomic E-state index is 0.0447. The zero-order valence-corrected chi connectivity index (χ0v) is 8.02. The number of aromatic nitrogens is 4. The first-order valence-corrected chi connectivity index (χ1v) is 4.29. The highest BCUT2D eigenvalue weighted by Crippen LogP contribution is 2.20. The molecule has 82 valence electrons. The third kappa shape index (κ3) is 1.41. The van der Waals surface area contributed by atoms with Gasteiger partial charge in [-0.05, 0) is 6.07 Å². The van der Waals surface area contributed by atoms with Crippen molar-refractivity contribution in [3.63, 3.8) is 0 Å². The van der Waals surface area contributed by atoms with Gasteiger partial charge in [0, 0.05) is 6.20 Å². The van der Waals surface area contributed by atoms with E-state index in [0.717, 1.165) is 0 Å². The Bertz CT molecular complexity index is 541. The minimum Gasteiger partial charge on any atom is -0.365 e. The first-order chi connectivity index (χ1) is 7.61. The highest BCUT2D eigenvalue weighted by Gasteiger charge is 2.23.